The number of aryl methyl sites for hydroxylation is 1. The number of hydrogen-bond acceptors (Lipinski definition) is 4. The molecule has 3 N–H and O–H groups in total. The van der Waals surface area contributed by atoms with Gasteiger partial charge in [0, 0.05) is 37.2 Å². The monoisotopic (exact) mass is 292 g/mol. The van der Waals surface area contributed by atoms with E-state index in [0.717, 1.165) is 29.9 Å². The summed E-state index contributed by atoms with van der Waals surface area (Å²) in [4.78, 5) is 21.4. The number of carbonyl (C=O) groups is 1. The molecule has 1 fully saturated rings. The molecule has 1 aromatic rings. The minimum Gasteiger partial charge on any atom is -0.465 e. The fourth-order valence-electron chi connectivity index (χ4n) is 2.77. The third kappa shape index (κ3) is 3.32. The van der Waals surface area contributed by atoms with E-state index in [1.165, 1.54) is 4.90 Å². The van der Waals surface area contributed by atoms with Crippen LogP contribution in [0.5, 0.6) is 0 Å². The van der Waals surface area contributed by atoms with E-state index in [2.05, 4.69) is 23.8 Å². The van der Waals surface area contributed by atoms with E-state index in [0.29, 0.717) is 19.6 Å². The Morgan fingerprint density at radius 3 is 2.62 bits per heavy atom. The summed E-state index contributed by atoms with van der Waals surface area (Å²) in [7, 11) is 0. The highest BCUT2D eigenvalue weighted by Gasteiger charge is 2.30. The van der Waals surface area contributed by atoms with Crippen LogP contribution in [0.25, 0.3) is 0 Å². The normalized spacial score (nSPS) is 17.0. The molecule has 2 rings (SSSR count). The first-order valence-electron chi connectivity index (χ1n) is 7.37. The van der Waals surface area contributed by atoms with E-state index in [4.69, 9.17) is 10.8 Å². The highest BCUT2D eigenvalue weighted by Crippen LogP contribution is 2.34. The summed E-state index contributed by atoms with van der Waals surface area (Å²) < 4.78 is 0. The number of aromatic nitrogens is 2. The molecule has 6 nitrogen and oxygen atoms in total. The molecule has 21 heavy (non-hydrogen) atoms. The number of amides is 1. The molecule has 0 unspecified atom stereocenters. The maximum atomic E-state index is 11.0. The number of hydrogen-bond donors (Lipinski definition) is 2. The van der Waals surface area contributed by atoms with Crippen molar-refractivity contribution in [1.82, 2.24) is 14.9 Å². The average molecular weight is 292 g/mol. The molecule has 0 radical (unpaired) electrons. The van der Waals surface area contributed by atoms with Gasteiger partial charge in [0.2, 0.25) is 0 Å². The van der Waals surface area contributed by atoms with Crippen LogP contribution < -0.4 is 5.73 Å². The van der Waals surface area contributed by atoms with Gasteiger partial charge in [0.1, 0.15) is 5.82 Å². The van der Waals surface area contributed by atoms with Gasteiger partial charge >= 0.3 is 6.09 Å². The summed E-state index contributed by atoms with van der Waals surface area (Å²) in [6.45, 7) is 7.72. The minimum absolute atomic E-state index is 0.174. The topological polar surface area (TPSA) is 92.3 Å². The van der Waals surface area contributed by atoms with E-state index in [-0.39, 0.29) is 11.3 Å². The van der Waals surface area contributed by atoms with Crippen LogP contribution in [0.2, 0.25) is 0 Å². The van der Waals surface area contributed by atoms with Crippen molar-refractivity contribution >= 4 is 6.09 Å². The molecule has 2 heterocycles. The molecule has 1 saturated heterocycles. The van der Waals surface area contributed by atoms with Gasteiger partial charge in [0.25, 0.3) is 0 Å². The third-order valence-corrected chi connectivity index (χ3v) is 4.33. The predicted molar refractivity (Wildman–Crippen MR) is 80.4 cm³/mol. The summed E-state index contributed by atoms with van der Waals surface area (Å²) in [5, 5.41) is 9.04. The Bertz CT molecular complexity index is 522. The SMILES string of the molecule is Cc1ncc(C(C)(C)CN)c(C2CCN(C(=O)O)CC2)n1. The molecule has 1 aliphatic rings. The molecule has 1 aromatic heterocycles. The Balaban J connectivity index is 2.27. The summed E-state index contributed by atoms with van der Waals surface area (Å²) in [5.41, 5.74) is 7.85. The molecule has 6 heteroatoms. The summed E-state index contributed by atoms with van der Waals surface area (Å²) in [6.07, 6.45) is 2.65. The zero-order valence-electron chi connectivity index (χ0n) is 13.0. The lowest BCUT2D eigenvalue weighted by molar-refractivity contribution is 0.131. The molecule has 0 spiro atoms. The van der Waals surface area contributed by atoms with Crippen LogP contribution in [0.3, 0.4) is 0 Å². The van der Waals surface area contributed by atoms with E-state index in [1.807, 2.05) is 13.1 Å². The first kappa shape index (κ1) is 15.7. The molecule has 0 aliphatic carbocycles. The quantitative estimate of drug-likeness (QED) is 0.887. The Hall–Kier alpha value is -1.69. The van der Waals surface area contributed by atoms with Crippen molar-refractivity contribution in [2.24, 2.45) is 5.73 Å². The lowest BCUT2D eigenvalue weighted by Crippen LogP contribution is -2.38. The van der Waals surface area contributed by atoms with Gasteiger partial charge in [0.15, 0.2) is 0 Å². The number of nitrogens with zero attached hydrogens (tertiary/aromatic N) is 3. The summed E-state index contributed by atoms with van der Waals surface area (Å²) >= 11 is 0. The van der Waals surface area contributed by atoms with Crippen molar-refractivity contribution in [2.45, 2.75) is 44.9 Å². The summed E-state index contributed by atoms with van der Waals surface area (Å²) in [6, 6.07) is 0. The van der Waals surface area contributed by atoms with Crippen molar-refractivity contribution < 1.29 is 9.90 Å². The van der Waals surface area contributed by atoms with E-state index >= 15 is 0 Å². The molecule has 0 atom stereocenters. The first-order chi connectivity index (χ1) is 9.85. The Labute approximate surface area is 125 Å². The van der Waals surface area contributed by atoms with Gasteiger partial charge in [-0.1, -0.05) is 13.8 Å². The molecular weight excluding hydrogens is 268 g/mol. The van der Waals surface area contributed by atoms with Crippen molar-refractivity contribution in [3.8, 4) is 0 Å². The Kier molecular flexibility index (Phi) is 4.46. The van der Waals surface area contributed by atoms with E-state index in [9.17, 15) is 4.79 Å². The minimum atomic E-state index is -0.838. The number of carboxylic acid groups (broad SMARTS) is 1. The number of likely N-dealkylation sites (tertiary alicyclic amines) is 1. The first-order valence-corrected chi connectivity index (χ1v) is 7.37. The second-order valence-electron chi connectivity index (χ2n) is 6.35. The number of piperidine rings is 1. The Morgan fingerprint density at radius 1 is 1.48 bits per heavy atom. The third-order valence-electron chi connectivity index (χ3n) is 4.33. The molecule has 1 aliphatic heterocycles. The number of nitrogens with two attached hydrogens (primary N) is 1. The highest BCUT2D eigenvalue weighted by molar-refractivity contribution is 5.65. The van der Waals surface area contributed by atoms with E-state index < -0.39 is 6.09 Å². The van der Waals surface area contributed by atoms with Crippen LogP contribution in [-0.4, -0.2) is 45.7 Å². The van der Waals surface area contributed by atoms with Crippen molar-refractivity contribution in [1.29, 1.82) is 0 Å². The van der Waals surface area contributed by atoms with Gasteiger partial charge in [-0.3, -0.25) is 0 Å². The van der Waals surface area contributed by atoms with Crippen LogP contribution in [0, 0.1) is 6.92 Å². The van der Waals surface area contributed by atoms with Crippen molar-refractivity contribution in [2.75, 3.05) is 19.6 Å². The fraction of sp³-hybridized carbons (Fsp3) is 0.667. The molecule has 116 valence electrons. The van der Waals surface area contributed by atoms with Gasteiger partial charge in [-0.05, 0) is 25.3 Å². The van der Waals surface area contributed by atoms with Crippen LogP contribution in [0.4, 0.5) is 4.79 Å². The van der Waals surface area contributed by atoms with Crippen LogP contribution in [0.15, 0.2) is 6.20 Å². The van der Waals surface area contributed by atoms with E-state index in [1.54, 1.807) is 0 Å². The Morgan fingerprint density at radius 2 is 2.10 bits per heavy atom. The molecule has 0 saturated carbocycles. The maximum absolute atomic E-state index is 11.0. The van der Waals surface area contributed by atoms with Gasteiger partial charge in [-0.2, -0.15) is 0 Å². The fourth-order valence-corrected chi connectivity index (χ4v) is 2.77. The van der Waals surface area contributed by atoms with Crippen LogP contribution in [0.1, 0.15) is 49.7 Å². The molecule has 0 aromatic carbocycles. The molecular formula is C15H24N4O2. The van der Waals surface area contributed by atoms with Crippen LogP contribution >= 0.6 is 0 Å². The smallest absolute Gasteiger partial charge is 0.407 e. The van der Waals surface area contributed by atoms with Crippen molar-refractivity contribution in [3.63, 3.8) is 0 Å². The van der Waals surface area contributed by atoms with Gasteiger partial charge in [-0.25, -0.2) is 14.8 Å². The molecule has 0 bridgehead atoms. The van der Waals surface area contributed by atoms with Crippen molar-refractivity contribution in [3.05, 3.63) is 23.3 Å². The lowest BCUT2D eigenvalue weighted by Gasteiger charge is -2.33. The largest absolute Gasteiger partial charge is 0.465 e. The zero-order valence-corrected chi connectivity index (χ0v) is 13.0. The van der Waals surface area contributed by atoms with Gasteiger partial charge in [-0.15, -0.1) is 0 Å². The molecule has 1 amide bonds. The van der Waals surface area contributed by atoms with Gasteiger partial charge in [0.05, 0.1) is 5.69 Å². The maximum Gasteiger partial charge on any atom is 0.407 e. The van der Waals surface area contributed by atoms with Gasteiger partial charge < -0.3 is 15.7 Å². The average Bonchev–Trinajstić information content (AvgIpc) is 2.47. The second kappa shape index (κ2) is 5.97. The summed E-state index contributed by atoms with van der Waals surface area (Å²) in [5.74, 6) is 1.03. The lowest BCUT2D eigenvalue weighted by atomic mass is 9.79. The predicted octanol–water partition coefficient (Wildman–Crippen LogP) is 1.88. The second-order valence-corrected chi connectivity index (χ2v) is 6.35. The number of rotatable bonds is 3. The van der Waals surface area contributed by atoms with Crippen LogP contribution in [-0.2, 0) is 5.41 Å². The highest BCUT2D eigenvalue weighted by atomic mass is 16.4. The zero-order chi connectivity index (χ0) is 15.6. The standard InChI is InChI=1S/C15H24N4O2/c1-10-17-8-12(15(2,3)9-16)13(18-10)11-4-6-19(7-5-11)14(20)21/h8,11H,4-7,9,16H2,1-3H3,(H,20,21).